The third-order valence-electron chi connectivity index (χ3n) is 4.73. The molecule has 4 nitrogen and oxygen atoms in total. The number of piperidine rings is 1. The molecule has 1 N–H and O–H groups in total. The van der Waals surface area contributed by atoms with E-state index in [0.29, 0.717) is 5.92 Å². The molecule has 2 aromatic rings. The molecular weight excluding hydrogens is 298 g/mol. The summed E-state index contributed by atoms with van der Waals surface area (Å²) in [4.78, 5) is 18.7. The van der Waals surface area contributed by atoms with Crippen LogP contribution in [-0.2, 0) is 6.54 Å². The molecule has 4 heteroatoms. The Labute approximate surface area is 143 Å². The van der Waals surface area contributed by atoms with Gasteiger partial charge >= 0.3 is 0 Å². The number of nitrogens with one attached hydrogen (secondary N) is 1. The summed E-state index contributed by atoms with van der Waals surface area (Å²) in [5.74, 6) is 0.613. The summed E-state index contributed by atoms with van der Waals surface area (Å²) in [6, 6.07) is 11.9. The van der Waals surface area contributed by atoms with Gasteiger partial charge in [0.25, 0.3) is 5.91 Å². The van der Waals surface area contributed by atoms with Crippen molar-refractivity contribution in [3.63, 3.8) is 0 Å². The first-order valence-corrected chi connectivity index (χ1v) is 8.67. The van der Waals surface area contributed by atoms with Crippen LogP contribution >= 0.6 is 0 Å². The molecule has 3 rings (SSSR count). The number of benzene rings is 1. The molecule has 1 aliphatic rings. The van der Waals surface area contributed by atoms with Gasteiger partial charge in [0.05, 0.1) is 0 Å². The van der Waals surface area contributed by atoms with Gasteiger partial charge < -0.3 is 5.32 Å². The van der Waals surface area contributed by atoms with E-state index in [-0.39, 0.29) is 5.91 Å². The molecule has 2 heterocycles. The number of amides is 1. The highest BCUT2D eigenvalue weighted by Crippen LogP contribution is 2.18. The Kier molecular flexibility index (Phi) is 5.59. The van der Waals surface area contributed by atoms with E-state index in [4.69, 9.17) is 0 Å². The van der Waals surface area contributed by atoms with E-state index in [1.807, 2.05) is 43.6 Å². The van der Waals surface area contributed by atoms with Gasteiger partial charge in [0.2, 0.25) is 0 Å². The zero-order valence-electron chi connectivity index (χ0n) is 14.2. The van der Waals surface area contributed by atoms with Crippen molar-refractivity contribution in [2.45, 2.75) is 26.3 Å². The molecule has 0 bridgehead atoms. The van der Waals surface area contributed by atoms with Crippen LogP contribution in [0.1, 0.15) is 34.3 Å². The number of aryl methyl sites for hydroxylation is 1. The van der Waals surface area contributed by atoms with E-state index in [0.717, 1.165) is 44.6 Å². The number of pyridine rings is 1. The topological polar surface area (TPSA) is 45.2 Å². The second kappa shape index (κ2) is 8.06. The van der Waals surface area contributed by atoms with Crippen LogP contribution < -0.4 is 5.32 Å². The van der Waals surface area contributed by atoms with Crippen LogP contribution in [0.25, 0.3) is 0 Å². The Hall–Kier alpha value is -2.20. The van der Waals surface area contributed by atoms with E-state index < -0.39 is 0 Å². The predicted octanol–water partition coefficient (Wildman–Crippen LogP) is 3.03. The van der Waals surface area contributed by atoms with Crippen LogP contribution in [0.3, 0.4) is 0 Å². The average molecular weight is 323 g/mol. The molecule has 1 amide bonds. The van der Waals surface area contributed by atoms with E-state index >= 15 is 0 Å². The lowest BCUT2D eigenvalue weighted by molar-refractivity contribution is 0.0935. The smallest absolute Gasteiger partial charge is 0.251 e. The van der Waals surface area contributed by atoms with Gasteiger partial charge in [-0.05, 0) is 68.6 Å². The maximum absolute atomic E-state index is 12.2. The minimum atomic E-state index is 0.0363. The first-order chi connectivity index (χ1) is 11.7. The molecule has 0 saturated carbocycles. The Morgan fingerprint density at radius 1 is 1.12 bits per heavy atom. The minimum absolute atomic E-state index is 0.0363. The number of carbonyl (C=O) groups is 1. The third kappa shape index (κ3) is 4.65. The van der Waals surface area contributed by atoms with Gasteiger partial charge in [-0.2, -0.15) is 0 Å². The molecule has 0 atom stereocenters. The number of hydrogen-bond donors (Lipinski definition) is 1. The first-order valence-electron chi connectivity index (χ1n) is 8.67. The van der Waals surface area contributed by atoms with Crippen LogP contribution in [0.2, 0.25) is 0 Å². The molecule has 1 aromatic carbocycles. The summed E-state index contributed by atoms with van der Waals surface area (Å²) in [5.41, 5.74) is 3.24. The largest absolute Gasteiger partial charge is 0.352 e. The lowest BCUT2D eigenvalue weighted by Gasteiger charge is -2.32. The Morgan fingerprint density at radius 2 is 1.79 bits per heavy atom. The first kappa shape index (κ1) is 16.7. The Bertz CT molecular complexity index is 646. The van der Waals surface area contributed by atoms with Crippen LogP contribution in [-0.4, -0.2) is 35.4 Å². The quantitative estimate of drug-likeness (QED) is 0.920. The summed E-state index contributed by atoms with van der Waals surface area (Å²) >= 11 is 0. The molecule has 1 aromatic heterocycles. The molecule has 1 saturated heterocycles. The Balaban J connectivity index is 1.41. The highest BCUT2D eigenvalue weighted by atomic mass is 16.1. The van der Waals surface area contributed by atoms with Gasteiger partial charge in [-0.3, -0.25) is 14.7 Å². The fraction of sp³-hybridized carbons (Fsp3) is 0.400. The fourth-order valence-electron chi connectivity index (χ4n) is 3.14. The van der Waals surface area contributed by atoms with Crippen molar-refractivity contribution in [1.82, 2.24) is 15.2 Å². The van der Waals surface area contributed by atoms with Gasteiger partial charge in [0.15, 0.2) is 0 Å². The Morgan fingerprint density at radius 3 is 2.46 bits per heavy atom. The van der Waals surface area contributed by atoms with E-state index in [2.05, 4.69) is 27.3 Å². The van der Waals surface area contributed by atoms with Crippen LogP contribution in [0.4, 0.5) is 0 Å². The van der Waals surface area contributed by atoms with Crippen molar-refractivity contribution in [3.8, 4) is 0 Å². The lowest BCUT2D eigenvalue weighted by atomic mass is 9.96. The van der Waals surface area contributed by atoms with Crippen LogP contribution in [0.5, 0.6) is 0 Å². The molecule has 0 radical (unpaired) electrons. The standard InChI is InChI=1S/C20H25N3O/c1-16-2-4-19(5-3-16)20(24)22-14-17-8-12-23(13-9-17)15-18-6-10-21-11-7-18/h2-7,10-11,17H,8-9,12-15H2,1H3,(H,22,24). The summed E-state index contributed by atoms with van der Waals surface area (Å²) < 4.78 is 0. The average Bonchev–Trinajstić information content (AvgIpc) is 2.62. The molecule has 1 fully saturated rings. The highest BCUT2D eigenvalue weighted by Gasteiger charge is 2.20. The van der Waals surface area contributed by atoms with E-state index in [1.165, 1.54) is 11.1 Å². The zero-order chi connectivity index (χ0) is 16.8. The molecule has 1 aliphatic heterocycles. The summed E-state index contributed by atoms with van der Waals surface area (Å²) in [6.07, 6.45) is 5.98. The number of rotatable bonds is 5. The normalized spacial score (nSPS) is 16.0. The number of carbonyl (C=O) groups excluding carboxylic acids is 1. The van der Waals surface area contributed by atoms with E-state index in [1.54, 1.807) is 0 Å². The van der Waals surface area contributed by atoms with Crippen molar-refractivity contribution in [2.24, 2.45) is 5.92 Å². The molecule has 0 spiro atoms. The molecule has 0 unspecified atom stereocenters. The maximum Gasteiger partial charge on any atom is 0.251 e. The van der Waals surface area contributed by atoms with Gasteiger partial charge in [0.1, 0.15) is 0 Å². The summed E-state index contributed by atoms with van der Waals surface area (Å²) in [6.45, 7) is 5.98. The van der Waals surface area contributed by atoms with Gasteiger partial charge in [-0.25, -0.2) is 0 Å². The van der Waals surface area contributed by atoms with Crippen molar-refractivity contribution >= 4 is 5.91 Å². The second-order valence-corrected chi connectivity index (χ2v) is 6.65. The predicted molar refractivity (Wildman–Crippen MR) is 95.8 cm³/mol. The van der Waals surface area contributed by atoms with Crippen LogP contribution in [0.15, 0.2) is 48.8 Å². The molecule has 24 heavy (non-hydrogen) atoms. The zero-order valence-corrected chi connectivity index (χ0v) is 14.2. The van der Waals surface area contributed by atoms with Gasteiger partial charge in [0, 0.05) is 31.0 Å². The SMILES string of the molecule is Cc1ccc(C(=O)NCC2CCN(Cc3ccncc3)CC2)cc1. The van der Waals surface area contributed by atoms with E-state index in [9.17, 15) is 4.79 Å². The summed E-state index contributed by atoms with van der Waals surface area (Å²) in [7, 11) is 0. The highest BCUT2D eigenvalue weighted by molar-refractivity contribution is 5.94. The minimum Gasteiger partial charge on any atom is -0.352 e. The number of likely N-dealkylation sites (tertiary alicyclic amines) is 1. The molecular formula is C20H25N3O. The second-order valence-electron chi connectivity index (χ2n) is 6.65. The van der Waals surface area contributed by atoms with Crippen LogP contribution in [0, 0.1) is 12.8 Å². The molecule has 0 aliphatic carbocycles. The van der Waals surface area contributed by atoms with Gasteiger partial charge in [-0.15, -0.1) is 0 Å². The van der Waals surface area contributed by atoms with Crippen molar-refractivity contribution in [3.05, 3.63) is 65.5 Å². The number of hydrogen-bond acceptors (Lipinski definition) is 3. The fourth-order valence-corrected chi connectivity index (χ4v) is 3.14. The maximum atomic E-state index is 12.2. The lowest BCUT2D eigenvalue weighted by Crippen LogP contribution is -2.38. The number of nitrogens with zero attached hydrogens (tertiary/aromatic N) is 2. The summed E-state index contributed by atoms with van der Waals surface area (Å²) in [5, 5.41) is 3.09. The van der Waals surface area contributed by atoms with Crippen molar-refractivity contribution in [2.75, 3.05) is 19.6 Å². The van der Waals surface area contributed by atoms with Crippen molar-refractivity contribution < 1.29 is 4.79 Å². The third-order valence-corrected chi connectivity index (χ3v) is 4.73. The number of aromatic nitrogens is 1. The monoisotopic (exact) mass is 323 g/mol. The van der Waals surface area contributed by atoms with Gasteiger partial charge in [-0.1, -0.05) is 17.7 Å². The molecule has 126 valence electrons. The van der Waals surface area contributed by atoms with Crippen molar-refractivity contribution in [1.29, 1.82) is 0 Å².